The molecule has 118 valence electrons. The molecule has 1 aromatic carbocycles. The topological polar surface area (TPSA) is 61.0 Å². The molecule has 0 aliphatic rings. The highest BCUT2D eigenvalue weighted by Gasteiger charge is 2.10. The summed E-state index contributed by atoms with van der Waals surface area (Å²) in [6, 6.07) is 7.50. The lowest BCUT2D eigenvalue weighted by Gasteiger charge is -2.16. The minimum absolute atomic E-state index is 0.166. The number of nitrogens with zero attached hydrogens (tertiary/aromatic N) is 2. The van der Waals surface area contributed by atoms with E-state index in [4.69, 9.17) is 33.7 Å². The highest BCUT2D eigenvalue weighted by Crippen LogP contribution is 2.30. The maximum absolute atomic E-state index is 6.28. The van der Waals surface area contributed by atoms with Gasteiger partial charge in [-0.25, -0.2) is 9.97 Å². The minimum Gasteiger partial charge on any atom is -0.492 e. The van der Waals surface area contributed by atoms with E-state index in [0.717, 1.165) is 17.7 Å². The first-order valence-corrected chi connectivity index (χ1v) is 7.88. The lowest BCUT2D eigenvalue weighted by atomic mass is 10.0. The van der Waals surface area contributed by atoms with Gasteiger partial charge in [-0.15, -0.1) is 0 Å². The Balaban J connectivity index is 2.07. The van der Waals surface area contributed by atoms with Crippen LogP contribution in [0.4, 0.5) is 0 Å². The monoisotopic (exact) mass is 339 g/mol. The van der Waals surface area contributed by atoms with Crippen LogP contribution in [0.3, 0.4) is 0 Å². The van der Waals surface area contributed by atoms with E-state index in [0.29, 0.717) is 23.3 Å². The summed E-state index contributed by atoms with van der Waals surface area (Å²) < 4.78 is 5.77. The van der Waals surface area contributed by atoms with Crippen LogP contribution in [-0.2, 0) is 0 Å². The van der Waals surface area contributed by atoms with E-state index in [-0.39, 0.29) is 11.3 Å². The van der Waals surface area contributed by atoms with Gasteiger partial charge in [0.25, 0.3) is 0 Å². The largest absolute Gasteiger partial charge is 0.492 e. The van der Waals surface area contributed by atoms with Crippen LogP contribution in [0.2, 0.25) is 10.3 Å². The third kappa shape index (κ3) is 4.83. The number of hydrogen-bond donors (Lipinski definition) is 1. The normalized spacial score (nSPS) is 13.7. The zero-order valence-electron chi connectivity index (χ0n) is 12.6. The van der Waals surface area contributed by atoms with Crippen molar-refractivity contribution < 1.29 is 4.74 Å². The van der Waals surface area contributed by atoms with Crippen LogP contribution in [-0.4, -0.2) is 22.6 Å². The molecule has 22 heavy (non-hydrogen) atoms. The maximum atomic E-state index is 6.28. The van der Waals surface area contributed by atoms with Crippen molar-refractivity contribution in [1.82, 2.24) is 9.97 Å². The van der Waals surface area contributed by atoms with Gasteiger partial charge in [-0.3, -0.25) is 0 Å². The third-order valence-corrected chi connectivity index (χ3v) is 3.63. The van der Waals surface area contributed by atoms with E-state index in [9.17, 15) is 0 Å². The summed E-state index contributed by atoms with van der Waals surface area (Å²) >= 11 is 12.1. The Bertz CT molecular complexity index is 635. The summed E-state index contributed by atoms with van der Waals surface area (Å²) in [6.45, 7) is 4.68. The predicted octanol–water partition coefficient (Wildman–Crippen LogP) is 4.20. The minimum atomic E-state index is 0.166. The molecular formula is C16H19Cl2N3O. The molecule has 0 spiro atoms. The summed E-state index contributed by atoms with van der Waals surface area (Å²) in [5.41, 5.74) is 7.37. The van der Waals surface area contributed by atoms with Crippen molar-refractivity contribution in [2.75, 3.05) is 6.61 Å². The number of rotatable bonds is 6. The van der Waals surface area contributed by atoms with Crippen LogP contribution in [0, 0.1) is 5.92 Å². The third-order valence-electron chi connectivity index (χ3n) is 3.15. The Morgan fingerprint density at radius 1 is 1.23 bits per heavy atom. The SMILES string of the molecule is CC(N)CC(C)COc1ccc(-c2ccnc(Cl)n2)cc1Cl. The zero-order chi connectivity index (χ0) is 16.1. The van der Waals surface area contributed by atoms with E-state index in [1.54, 1.807) is 12.3 Å². The van der Waals surface area contributed by atoms with Gasteiger partial charge < -0.3 is 10.5 Å². The van der Waals surface area contributed by atoms with Crippen LogP contribution in [0.25, 0.3) is 11.3 Å². The fourth-order valence-electron chi connectivity index (χ4n) is 2.21. The van der Waals surface area contributed by atoms with Gasteiger partial charge in [0.1, 0.15) is 5.75 Å². The van der Waals surface area contributed by atoms with Crippen LogP contribution in [0.15, 0.2) is 30.5 Å². The average Bonchev–Trinajstić information content (AvgIpc) is 2.45. The first-order chi connectivity index (χ1) is 10.5. The van der Waals surface area contributed by atoms with Crippen LogP contribution < -0.4 is 10.5 Å². The molecule has 6 heteroatoms. The Morgan fingerprint density at radius 3 is 2.64 bits per heavy atom. The molecule has 0 aliphatic heterocycles. The van der Waals surface area contributed by atoms with Crippen LogP contribution >= 0.6 is 23.2 Å². The highest BCUT2D eigenvalue weighted by atomic mass is 35.5. The van der Waals surface area contributed by atoms with E-state index >= 15 is 0 Å². The van der Waals surface area contributed by atoms with Gasteiger partial charge in [-0.1, -0.05) is 18.5 Å². The quantitative estimate of drug-likeness (QED) is 0.801. The first kappa shape index (κ1) is 17.0. The molecule has 4 nitrogen and oxygen atoms in total. The fourth-order valence-corrected chi connectivity index (χ4v) is 2.59. The Labute approximate surface area is 140 Å². The molecule has 1 heterocycles. The lowest BCUT2D eigenvalue weighted by molar-refractivity contribution is 0.246. The number of hydrogen-bond acceptors (Lipinski definition) is 4. The second-order valence-corrected chi connectivity index (χ2v) is 6.23. The smallest absolute Gasteiger partial charge is 0.222 e. The van der Waals surface area contributed by atoms with E-state index in [2.05, 4.69) is 16.9 Å². The number of benzene rings is 1. The van der Waals surface area contributed by atoms with Gasteiger partial charge in [-0.2, -0.15) is 0 Å². The second kappa shape index (κ2) is 7.77. The zero-order valence-corrected chi connectivity index (χ0v) is 14.1. The van der Waals surface area contributed by atoms with Gasteiger partial charge in [0.2, 0.25) is 5.28 Å². The van der Waals surface area contributed by atoms with Gasteiger partial charge in [0, 0.05) is 17.8 Å². The van der Waals surface area contributed by atoms with E-state index < -0.39 is 0 Å². The summed E-state index contributed by atoms with van der Waals surface area (Å²) in [5, 5.41) is 0.749. The molecule has 0 aliphatic carbocycles. The van der Waals surface area contributed by atoms with Crippen molar-refractivity contribution in [2.24, 2.45) is 11.7 Å². The number of ether oxygens (including phenoxy) is 1. The molecule has 0 saturated carbocycles. The molecule has 2 atom stereocenters. The van der Waals surface area contributed by atoms with Crippen molar-refractivity contribution in [1.29, 1.82) is 0 Å². The maximum Gasteiger partial charge on any atom is 0.222 e. The van der Waals surface area contributed by atoms with Gasteiger partial charge in [0.15, 0.2) is 0 Å². The average molecular weight is 340 g/mol. The Morgan fingerprint density at radius 2 is 2.00 bits per heavy atom. The predicted molar refractivity (Wildman–Crippen MR) is 90.4 cm³/mol. The van der Waals surface area contributed by atoms with Crippen LogP contribution in [0.1, 0.15) is 20.3 Å². The van der Waals surface area contributed by atoms with Gasteiger partial charge in [0.05, 0.1) is 17.3 Å². The number of aromatic nitrogens is 2. The molecular weight excluding hydrogens is 321 g/mol. The molecule has 2 rings (SSSR count). The lowest BCUT2D eigenvalue weighted by Crippen LogP contribution is -2.21. The standard InChI is InChI=1S/C16H19Cl2N3O/c1-10(7-11(2)19)9-22-15-4-3-12(8-13(15)17)14-5-6-20-16(18)21-14/h3-6,8,10-11H,7,9,19H2,1-2H3. The molecule has 0 fully saturated rings. The molecule has 0 radical (unpaired) electrons. The Hall–Kier alpha value is -1.36. The van der Waals surface area contributed by atoms with Crippen molar-refractivity contribution in [3.05, 3.63) is 40.8 Å². The molecule has 1 aromatic heterocycles. The molecule has 2 unspecified atom stereocenters. The summed E-state index contributed by atoms with van der Waals surface area (Å²) in [7, 11) is 0. The highest BCUT2D eigenvalue weighted by molar-refractivity contribution is 6.32. The summed E-state index contributed by atoms with van der Waals surface area (Å²) in [4.78, 5) is 8.03. The van der Waals surface area contributed by atoms with Gasteiger partial charge >= 0.3 is 0 Å². The van der Waals surface area contributed by atoms with E-state index in [1.165, 1.54) is 0 Å². The first-order valence-electron chi connectivity index (χ1n) is 7.12. The Kier molecular flexibility index (Phi) is 6.00. The van der Waals surface area contributed by atoms with Crippen LogP contribution in [0.5, 0.6) is 5.75 Å². The van der Waals surface area contributed by atoms with Crippen molar-refractivity contribution in [2.45, 2.75) is 26.3 Å². The molecule has 0 amide bonds. The summed E-state index contributed by atoms with van der Waals surface area (Å²) in [5.74, 6) is 1.03. The van der Waals surface area contributed by atoms with Crippen molar-refractivity contribution >= 4 is 23.2 Å². The van der Waals surface area contributed by atoms with Crippen molar-refractivity contribution in [3.63, 3.8) is 0 Å². The second-order valence-electron chi connectivity index (χ2n) is 5.49. The number of nitrogens with two attached hydrogens (primary N) is 1. The summed E-state index contributed by atoms with van der Waals surface area (Å²) in [6.07, 6.45) is 2.52. The number of halogens is 2. The molecule has 0 bridgehead atoms. The molecule has 0 saturated heterocycles. The van der Waals surface area contributed by atoms with Gasteiger partial charge in [-0.05, 0) is 55.1 Å². The van der Waals surface area contributed by atoms with E-state index in [1.807, 2.05) is 25.1 Å². The van der Waals surface area contributed by atoms with Crippen molar-refractivity contribution in [3.8, 4) is 17.0 Å². The fraction of sp³-hybridized carbons (Fsp3) is 0.375. The molecule has 2 aromatic rings. The molecule has 2 N–H and O–H groups in total.